The molecule has 0 aliphatic carbocycles. The Morgan fingerprint density at radius 1 is 0.944 bits per heavy atom. The van der Waals surface area contributed by atoms with Crippen LogP contribution in [-0.4, -0.2) is 9.97 Å². The molecule has 0 bridgehead atoms. The summed E-state index contributed by atoms with van der Waals surface area (Å²) >= 11 is 0. The normalized spacial score (nSPS) is 10.7. The van der Waals surface area contributed by atoms with Gasteiger partial charge in [0.25, 0.3) is 0 Å². The standard InChI is InChI=1S/C15H13N3/c1-10-9-13(11-5-3-2-4-6-11)12-7-8-14(16)18-15(12)17-10/h2-9H,1H3,(H2,16,17,18). The highest BCUT2D eigenvalue weighted by Crippen LogP contribution is 2.27. The molecule has 18 heavy (non-hydrogen) atoms. The molecule has 0 aliphatic rings. The van der Waals surface area contributed by atoms with Gasteiger partial charge in [-0.25, -0.2) is 9.97 Å². The molecule has 0 unspecified atom stereocenters. The molecule has 0 fully saturated rings. The monoisotopic (exact) mass is 235 g/mol. The third-order valence-corrected chi connectivity index (χ3v) is 2.91. The molecule has 3 nitrogen and oxygen atoms in total. The average molecular weight is 235 g/mol. The minimum atomic E-state index is 0.500. The molecule has 0 spiro atoms. The number of anilines is 1. The second kappa shape index (κ2) is 4.11. The Bertz CT molecular complexity index is 700. The second-order valence-corrected chi connectivity index (χ2v) is 4.28. The lowest BCUT2D eigenvalue weighted by Gasteiger charge is -2.07. The summed E-state index contributed by atoms with van der Waals surface area (Å²) in [5.41, 5.74) is 9.67. The van der Waals surface area contributed by atoms with Crippen LogP contribution in [0.25, 0.3) is 22.2 Å². The van der Waals surface area contributed by atoms with Crippen molar-refractivity contribution in [3.63, 3.8) is 0 Å². The number of fused-ring (bicyclic) bond motifs is 1. The quantitative estimate of drug-likeness (QED) is 0.704. The molecule has 0 aliphatic heterocycles. The van der Waals surface area contributed by atoms with E-state index in [4.69, 9.17) is 5.73 Å². The number of hydrogen-bond acceptors (Lipinski definition) is 3. The van der Waals surface area contributed by atoms with Crippen molar-refractivity contribution in [3.05, 3.63) is 54.2 Å². The van der Waals surface area contributed by atoms with E-state index in [9.17, 15) is 0 Å². The van der Waals surface area contributed by atoms with E-state index < -0.39 is 0 Å². The van der Waals surface area contributed by atoms with Crippen molar-refractivity contribution in [1.29, 1.82) is 0 Å². The molecule has 88 valence electrons. The third kappa shape index (κ3) is 1.80. The van der Waals surface area contributed by atoms with Crippen LogP contribution in [0.4, 0.5) is 5.82 Å². The minimum absolute atomic E-state index is 0.500. The fourth-order valence-electron chi connectivity index (χ4n) is 2.10. The van der Waals surface area contributed by atoms with Gasteiger partial charge in [0.1, 0.15) is 5.82 Å². The van der Waals surface area contributed by atoms with Crippen molar-refractivity contribution in [2.75, 3.05) is 5.73 Å². The first-order valence-corrected chi connectivity index (χ1v) is 5.83. The van der Waals surface area contributed by atoms with E-state index in [0.29, 0.717) is 11.5 Å². The highest BCUT2D eigenvalue weighted by molar-refractivity contribution is 5.93. The van der Waals surface area contributed by atoms with Crippen LogP contribution in [0.2, 0.25) is 0 Å². The Labute approximate surface area is 105 Å². The van der Waals surface area contributed by atoms with Crippen LogP contribution in [0.5, 0.6) is 0 Å². The molecule has 3 heteroatoms. The van der Waals surface area contributed by atoms with Crippen LogP contribution < -0.4 is 5.73 Å². The molecule has 0 atom stereocenters. The number of aromatic nitrogens is 2. The van der Waals surface area contributed by atoms with Crippen molar-refractivity contribution in [2.45, 2.75) is 6.92 Å². The summed E-state index contributed by atoms with van der Waals surface area (Å²) in [6.07, 6.45) is 0. The molecule has 2 N–H and O–H groups in total. The fourth-order valence-corrected chi connectivity index (χ4v) is 2.10. The molecule has 0 saturated heterocycles. The molecular weight excluding hydrogens is 222 g/mol. The van der Waals surface area contributed by atoms with E-state index in [-0.39, 0.29) is 0 Å². The zero-order valence-corrected chi connectivity index (χ0v) is 10.1. The zero-order valence-electron chi connectivity index (χ0n) is 10.1. The summed E-state index contributed by atoms with van der Waals surface area (Å²) in [5, 5.41) is 1.03. The van der Waals surface area contributed by atoms with E-state index in [1.54, 1.807) is 0 Å². The number of hydrogen-bond donors (Lipinski definition) is 1. The summed E-state index contributed by atoms with van der Waals surface area (Å²) in [7, 11) is 0. The maximum absolute atomic E-state index is 5.71. The summed E-state index contributed by atoms with van der Waals surface area (Å²) in [4.78, 5) is 8.72. The number of nitrogen functional groups attached to an aromatic ring is 1. The summed E-state index contributed by atoms with van der Waals surface area (Å²) in [6.45, 7) is 1.97. The van der Waals surface area contributed by atoms with Gasteiger partial charge in [-0.2, -0.15) is 0 Å². The number of benzene rings is 1. The van der Waals surface area contributed by atoms with Gasteiger partial charge in [0.2, 0.25) is 0 Å². The van der Waals surface area contributed by atoms with E-state index in [0.717, 1.165) is 16.6 Å². The van der Waals surface area contributed by atoms with Gasteiger partial charge in [-0.3, -0.25) is 0 Å². The number of nitrogens with zero attached hydrogens (tertiary/aromatic N) is 2. The van der Waals surface area contributed by atoms with Gasteiger partial charge in [-0.15, -0.1) is 0 Å². The first-order chi connectivity index (χ1) is 8.74. The zero-order chi connectivity index (χ0) is 12.5. The minimum Gasteiger partial charge on any atom is -0.384 e. The predicted molar refractivity (Wildman–Crippen MR) is 74.1 cm³/mol. The van der Waals surface area contributed by atoms with E-state index in [1.165, 1.54) is 5.56 Å². The van der Waals surface area contributed by atoms with Crippen molar-refractivity contribution in [1.82, 2.24) is 9.97 Å². The third-order valence-electron chi connectivity index (χ3n) is 2.91. The van der Waals surface area contributed by atoms with Crippen molar-refractivity contribution in [2.24, 2.45) is 0 Å². The smallest absolute Gasteiger partial charge is 0.162 e. The van der Waals surface area contributed by atoms with Crippen LogP contribution in [0.1, 0.15) is 5.69 Å². The van der Waals surface area contributed by atoms with Crippen LogP contribution in [0, 0.1) is 6.92 Å². The van der Waals surface area contributed by atoms with Gasteiger partial charge in [0.15, 0.2) is 5.65 Å². The van der Waals surface area contributed by atoms with E-state index in [1.807, 2.05) is 37.3 Å². The highest BCUT2D eigenvalue weighted by Gasteiger charge is 2.07. The van der Waals surface area contributed by atoms with Gasteiger partial charge in [-0.05, 0) is 36.2 Å². The highest BCUT2D eigenvalue weighted by atomic mass is 14.9. The lowest BCUT2D eigenvalue weighted by molar-refractivity contribution is 1.21. The molecule has 2 heterocycles. The molecule has 0 radical (unpaired) electrons. The summed E-state index contributed by atoms with van der Waals surface area (Å²) < 4.78 is 0. The van der Waals surface area contributed by atoms with Crippen molar-refractivity contribution < 1.29 is 0 Å². The van der Waals surface area contributed by atoms with Crippen LogP contribution in [0.15, 0.2) is 48.5 Å². The van der Waals surface area contributed by atoms with Gasteiger partial charge in [-0.1, -0.05) is 30.3 Å². The summed E-state index contributed by atoms with van der Waals surface area (Å²) in [6, 6.07) is 16.1. The fraction of sp³-hybridized carbons (Fsp3) is 0.0667. The van der Waals surface area contributed by atoms with Crippen LogP contribution in [0.3, 0.4) is 0 Å². The van der Waals surface area contributed by atoms with E-state index in [2.05, 4.69) is 28.2 Å². The molecular formula is C15H13N3. The molecule has 0 saturated carbocycles. The average Bonchev–Trinajstić information content (AvgIpc) is 2.38. The van der Waals surface area contributed by atoms with Gasteiger partial charge in [0, 0.05) is 11.1 Å². The number of rotatable bonds is 1. The maximum atomic E-state index is 5.71. The van der Waals surface area contributed by atoms with Crippen LogP contribution >= 0.6 is 0 Å². The largest absolute Gasteiger partial charge is 0.384 e. The Hall–Kier alpha value is -2.42. The second-order valence-electron chi connectivity index (χ2n) is 4.28. The first kappa shape index (κ1) is 10.7. The lowest BCUT2D eigenvalue weighted by Crippen LogP contribution is -1.95. The molecule has 2 aromatic heterocycles. The summed E-state index contributed by atoms with van der Waals surface area (Å²) in [5.74, 6) is 0.500. The topological polar surface area (TPSA) is 51.8 Å². The van der Waals surface area contributed by atoms with Crippen LogP contribution in [-0.2, 0) is 0 Å². The molecule has 3 aromatic rings. The number of pyridine rings is 2. The van der Waals surface area contributed by atoms with Gasteiger partial charge in [0.05, 0.1) is 0 Å². The molecule has 3 rings (SSSR count). The molecule has 1 aromatic carbocycles. The lowest BCUT2D eigenvalue weighted by atomic mass is 10.0. The van der Waals surface area contributed by atoms with Crippen molar-refractivity contribution >= 4 is 16.9 Å². The maximum Gasteiger partial charge on any atom is 0.162 e. The number of aryl methyl sites for hydroxylation is 1. The predicted octanol–water partition coefficient (Wildman–Crippen LogP) is 3.19. The number of nitrogens with two attached hydrogens (primary N) is 1. The molecule has 0 amide bonds. The van der Waals surface area contributed by atoms with Gasteiger partial charge >= 0.3 is 0 Å². The Kier molecular flexibility index (Phi) is 2.45. The Morgan fingerprint density at radius 3 is 2.50 bits per heavy atom. The van der Waals surface area contributed by atoms with E-state index >= 15 is 0 Å². The van der Waals surface area contributed by atoms with Crippen molar-refractivity contribution in [3.8, 4) is 11.1 Å². The Balaban J connectivity index is 2.35. The SMILES string of the molecule is Cc1cc(-c2ccccc2)c2ccc(N)nc2n1. The van der Waals surface area contributed by atoms with Gasteiger partial charge < -0.3 is 5.73 Å². The Morgan fingerprint density at radius 2 is 1.72 bits per heavy atom. The first-order valence-electron chi connectivity index (χ1n) is 5.83.